The highest BCUT2D eigenvalue weighted by molar-refractivity contribution is 7.90. The fourth-order valence-electron chi connectivity index (χ4n) is 4.65. The van der Waals surface area contributed by atoms with Crippen LogP contribution in [-0.4, -0.2) is 100 Å². The minimum absolute atomic E-state index is 0.000434. The maximum atomic E-state index is 13.6. The number of aromatic nitrogens is 2. The summed E-state index contributed by atoms with van der Waals surface area (Å²) >= 11 is 5.86. The van der Waals surface area contributed by atoms with E-state index in [4.69, 9.17) is 31.2 Å². The van der Waals surface area contributed by atoms with Crippen molar-refractivity contribution in [3.8, 4) is 11.5 Å². The summed E-state index contributed by atoms with van der Waals surface area (Å²) < 4.78 is 50.3. The molecule has 0 amide bonds. The lowest BCUT2D eigenvalue weighted by atomic mass is 10.2. The van der Waals surface area contributed by atoms with Gasteiger partial charge in [-0.15, -0.1) is 0 Å². The number of nitrogens with one attached hydrogen (secondary N) is 1. The fraction of sp³-hybridized carbons (Fsp3) is 0.448. The normalized spacial score (nSPS) is 14.0. The Bertz CT molecular complexity index is 1410. The molecule has 2 heterocycles. The molecule has 0 unspecified atom stereocenters. The summed E-state index contributed by atoms with van der Waals surface area (Å²) in [5, 5.41) is 3.84. The molecule has 0 aliphatic carbocycles. The molecule has 0 radical (unpaired) electrons. The number of hydrogen-bond acceptors (Lipinski definition) is 9. The summed E-state index contributed by atoms with van der Waals surface area (Å²) in [4.78, 5) is 8.77. The molecule has 1 saturated heterocycles. The SMILES string of the molecule is COCCn1c(CN(CCN2CCOCC2)C(=S)Nc2ccc(OC)cc2)cnc1S(=O)(=O)Cc1cccc(OC)c1. The summed E-state index contributed by atoms with van der Waals surface area (Å²) in [6.07, 6.45) is 1.62. The van der Waals surface area contributed by atoms with Gasteiger partial charge in [0.15, 0.2) is 5.11 Å². The Hall–Kier alpha value is -3.23. The molecule has 3 aromatic rings. The topological polar surface area (TPSA) is 107 Å². The van der Waals surface area contributed by atoms with E-state index in [9.17, 15) is 8.42 Å². The Morgan fingerprint density at radius 1 is 1.05 bits per heavy atom. The van der Waals surface area contributed by atoms with Crippen molar-refractivity contribution in [2.45, 2.75) is 24.0 Å². The highest BCUT2D eigenvalue weighted by Gasteiger charge is 2.26. The van der Waals surface area contributed by atoms with Crippen LogP contribution in [-0.2, 0) is 38.2 Å². The number of hydrogen-bond donors (Lipinski definition) is 1. The van der Waals surface area contributed by atoms with Gasteiger partial charge in [0.1, 0.15) is 11.5 Å². The third-order valence-electron chi connectivity index (χ3n) is 6.96. The lowest BCUT2D eigenvalue weighted by Gasteiger charge is -2.31. The number of morpholine rings is 1. The summed E-state index contributed by atoms with van der Waals surface area (Å²) in [7, 11) is 0.982. The van der Waals surface area contributed by atoms with E-state index in [-0.39, 0.29) is 10.9 Å². The number of methoxy groups -OCH3 is 3. The van der Waals surface area contributed by atoms with Crippen molar-refractivity contribution in [2.75, 3.05) is 72.6 Å². The van der Waals surface area contributed by atoms with Crippen molar-refractivity contribution in [3.05, 3.63) is 66.0 Å². The number of rotatable bonds is 14. The van der Waals surface area contributed by atoms with E-state index in [0.717, 1.165) is 36.8 Å². The van der Waals surface area contributed by atoms with Crippen LogP contribution >= 0.6 is 12.2 Å². The molecule has 42 heavy (non-hydrogen) atoms. The largest absolute Gasteiger partial charge is 0.497 e. The molecule has 1 aromatic heterocycles. The number of ether oxygens (including phenoxy) is 4. The molecule has 1 N–H and O–H groups in total. The van der Waals surface area contributed by atoms with Crippen LogP contribution in [0.2, 0.25) is 0 Å². The first-order chi connectivity index (χ1) is 20.3. The molecule has 2 aromatic carbocycles. The molecule has 0 bridgehead atoms. The van der Waals surface area contributed by atoms with Crippen molar-refractivity contribution in [1.82, 2.24) is 19.4 Å². The van der Waals surface area contributed by atoms with Crippen molar-refractivity contribution in [1.29, 1.82) is 0 Å². The summed E-state index contributed by atoms with van der Waals surface area (Å²) in [6, 6.07) is 14.6. The van der Waals surface area contributed by atoms with Crippen LogP contribution in [0, 0.1) is 0 Å². The maximum Gasteiger partial charge on any atom is 0.228 e. The number of anilines is 1. The third-order valence-corrected chi connectivity index (χ3v) is 8.92. The number of sulfone groups is 1. The first-order valence-electron chi connectivity index (χ1n) is 13.7. The third kappa shape index (κ3) is 8.65. The van der Waals surface area contributed by atoms with Crippen LogP contribution in [0.15, 0.2) is 59.9 Å². The van der Waals surface area contributed by atoms with Gasteiger partial charge in [0.2, 0.25) is 15.0 Å². The Morgan fingerprint density at radius 2 is 1.79 bits per heavy atom. The molecule has 1 aliphatic heterocycles. The number of thiocarbonyl (C=S) groups is 1. The summed E-state index contributed by atoms with van der Waals surface area (Å²) in [5.74, 6) is 1.14. The molecule has 0 saturated carbocycles. The zero-order chi connectivity index (χ0) is 30.0. The predicted octanol–water partition coefficient (Wildman–Crippen LogP) is 3.05. The molecule has 1 fully saturated rings. The van der Waals surface area contributed by atoms with Gasteiger partial charge in [0.05, 0.1) is 58.2 Å². The second-order valence-electron chi connectivity index (χ2n) is 9.82. The van der Waals surface area contributed by atoms with Crippen LogP contribution < -0.4 is 14.8 Å². The highest BCUT2D eigenvalue weighted by Crippen LogP contribution is 2.22. The van der Waals surface area contributed by atoms with Crippen molar-refractivity contribution < 1.29 is 27.4 Å². The smallest absolute Gasteiger partial charge is 0.228 e. The zero-order valence-electron chi connectivity index (χ0n) is 24.3. The van der Waals surface area contributed by atoms with Gasteiger partial charge < -0.3 is 33.7 Å². The quantitative estimate of drug-likeness (QED) is 0.270. The van der Waals surface area contributed by atoms with Crippen molar-refractivity contribution >= 4 is 32.9 Å². The second-order valence-corrected chi connectivity index (χ2v) is 12.1. The molecule has 4 rings (SSSR count). The average Bonchev–Trinajstić information content (AvgIpc) is 3.42. The van der Waals surface area contributed by atoms with E-state index in [1.807, 2.05) is 29.2 Å². The summed E-state index contributed by atoms with van der Waals surface area (Å²) in [6.45, 7) is 5.53. The number of nitrogens with zero attached hydrogens (tertiary/aromatic N) is 4. The minimum Gasteiger partial charge on any atom is -0.497 e. The second kappa shape index (κ2) is 15.3. The van der Waals surface area contributed by atoms with Crippen LogP contribution in [0.1, 0.15) is 11.3 Å². The zero-order valence-corrected chi connectivity index (χ0v) is 26.0. The predicted molar refractivity (Wildman–Crippen MR) is 165 cm³/mol. The number of benzene rings is 2. The van der Waals surface area contributed by atoms with Gasteiger partial charge in [-0.3, -0.25) is 4.90 Å². The Kier molecular flexibility index (Phi) is 11.5. The summed E-state index contributed by atoms with van der Waals surface area (Å²) in [5.41, 5.74) is 2.16. The Balaban J connectivity index is 1.58. The Morgan fingerprint density at radius 3 is 2.48 bits per heavy atom. The molecule has 1 aliphatic rings. The van der Waals surface area contributed by atoms with Crippen LogP contribution in [0.3, 0.4) is 0 Å². The van der Waals surface area contributed by atoms with Gasteiger partial charge >= 0.3 is 0 Å². The van der Waals surface area contributed by atoms with Crippen molar-refractivity contribution in [3.63, 3.8) is 0 Å². The molecule has 228 valence electrons. The molecule has 13 heteroatoms. The van der Waals surface area contributed by atoms with Crippen LogP contribution in [0.4, 0.5) is 5.69 Å². The molecule has 0 atom stereocenters. The Labute approximate surface area is 253 Å². The van der Waals surface area contributed by atoms with E-state index >= 15 is 0 Å². The van der Waals surface area contributed by atoms with E-state index in [2.05, 4.69) is 15.2 Å². The van der Waals surface area contributed by atoms with Gasteiger partial charge in [0, 0.05) is 45.5 Å². The van der Waals surface area contributed by atoms with Gasteiger partial charge in [0.25, 0.3) is 0 Å². The highest BCUT2D eigenvalue weighted by atomic mass is 32.2. The van der Waals surface area contributed by atoms with E-state index in [0.29, 0.717) is 55.9 Å². The van der Waals surface area contributed by atoms with Crippen molar-refractivity contribution in [2.24, 2.45) is 0 Å². The fourth-order valence-corrected chi connectivity index (χ4v) is 6.42. The standard InChI is InChI=1S/C29H39N5O6S2/c1-37-16-15-34-25(20-30-29(34)42(35,36)22-23-5-4-6-27(19-23)39-3)21-33(12-11-32-13-17-40-18-14-32)28(41)31-24-7-9-26(38-2)10-8-24/h4-10,19-20H,11-18,21-22H2,1-3H3,(H,31,41). The number of imidazole rings is 1. The average molecular weight is 618 g/mol. The van der Waals surface area contributed by atoms with Gasteiger partial charge in [-0.25, -0.2) is 13.4 Å². The first-order valence-corrected chi connectivity index (χ1v) is 15.8. The minimum atomic E-state index is -3.78. The first kappa shape index (κ1) is 31.7. The van der Waals surface area contributed by atoms with E-state index in [1.54, 1.807) is 56.4 Å². The van der Waals surface area contributed by atoms with E-state index in [1.165, 1.54) is 0 Å². The van der Waals surface area contributed by atoms with Gasteiger partial charge in [-0.05, 0) is 54.2 Å². The molecular weight excluding hydrogens is 578 g/mol. The molecule has 0 spiro atoms. The molecule has 11 nitrogen and oxygen atoms in total. The monoisotopic (exact) mass is 617 g/mol. The lowest BCUT2D eigenvalue weighted by molar-refractivity contribution is 0.0357. The van der Waals surface area contributed by atoms with Crippen LogP contribution in [0.25, 0.3) is 0 Å². The lowest BCUT2D eigenvalue weighted by Crippen LogP contribution is -2.44. The molecular formula is C29H39N5O6S2. The van der Waals surface area contributed by atoms with E-state index < -0.39 is 9.84 Å². The van der Waals surface area contributed by atoms with Crippen LogP contribution in [0.5, 0.6) is 11.5 Å². The van der Waals surface area contributed by atoms with Gasteiger partial charge in [-0.1, -0.05) is 12.1 Å². The maximum absolute atomic E-state index is 13.6. The van der Waals surface area contributed by atoms with Gasteiger partial charge in [-0.2, -0.15) is 0 Å².